The highest BCUT2D eigenvalue weighted by molar-refractivity contribution is 6.24. The number of ether oxygens (including phenoxy) is 1. The first-order chi connectivity index (χ1) is 11.3. The first kappa shape index (κ1) is 14.2. The molecule has 118 valence electrons. The van der Waals surface area contributed by atoms with E-state index in [9.17, 15) is 9.59 Å². The number of hydrogen-bond donors (Lipinski definition) is 1. The van der Waals surface area contributed by atoms with Crippen LogP contribution in [0.1, 0.15) is 12.8 Å². The molecule has 0 spiro atoms. The molecule has 5 heteroatoms. The number of fused-ring (bicyclic) bond motifs is 1. The van der Waals surface area contributed by atoms with Crippen LogP contribution >= 0.6 is 0 Å². The van der Waals surface area contributed by atoms with Crippen molar-refractivity contribution < 1.29 is 14.3 Å². The van der Waals surface area contributed by atoms with E-state index in [1.54, 1.807) is 0 Å². The number of amides is 3. The van der Waals surface area contributed by atoms with E-state index in [4.69, 9.17) is 4.74 Å². The molecule has 5 nitrogen and oxygen atoms in total. The van der Waals surface area contributed by atoms with Gasteiger partial charge in [0.1, 0.15) is 6.04 Å². The molecule has 2 aromatic carbocycles. The second-order valence-electron chi connectivity index (χ2n) is 6.08. The minimum atomic E-state index is -0.484. The van der Waals surface area contributed by atoms with E-state index in [1.807, 2.05) is 42.5 Å². The minimum absolute atomic E-state index is 0.0557. The van der Waals surface area contributed by atoms with Crippen molar-refractivity contribution in [1.29, 1.82) is 0 Å². The van der Waals surface area contributed by atoms with Gasteiger partial charge < -0.3 is 10.1 Å². The second kappa shape index (κ2) is 5.66. The topological polar surface area (TPSA) is 58.6 Å². The highest BCUT2D eigenvalue weighted by atomic mass is 16.5. The predicted molar refractivity (Wildman–Crippen MR) is 87.3 cm³/mol. The van der Waals surface area contributed by atoms with Crippen LogP contribution in [0, 0.1) is 5.92 Å². The standard InChI is InChI=1S/C18H18N2O3/c21-17-16(13-7-4-10-23-11-13)19-18(22)20(17)15-9-3-6-12-5-1-2-8-14(12)15/h1-3,5-6,8-9,13,16H,4,7,10-11H2,(H,19,22)/t13-,16+/m1/s1. The van der Waals surface area contributed by atoms with Gasteiger partial charge in [-0.15, -0.1) is 0 Å². The number of nitrogens with one attached hydrogen (secondary N) is 1. The molecule has 0 aromatic heterocycles. The van der Waals surface area contributed by atoms with Gasteiger partial charge in [0.25, 0.3) is 5.91 Å². The first-order valence-corrected chi connectivity index (χ1v) is 7.95. The Labute approximate surface area is 134 Å². The third kappa shape index (κ3) is 2.37. The van der Waals surface area contributed by atoms with Gasteiger partial charge in [-0.3, -0.25) is 4.79 Å². The molecule has 0 saturated carbocycles. The summed E-state index contributed by atoms with van der Waals surface area (Å²) in [5.74, 6) is -0.123. The predicted octanol–water partition coefficient (Wildman–Crippen LogP) is 2.69. The van der Waals surface area contributed by atoms with Crippen LogP contribution in [0.4, 0.5) is 10.5 Å². The molecule has 2 fully saturated rings. The Kier molecular flexibility index (Phi) is 3.50. The number of hydrogen-bond acceptors (Lipinski definition) is 3. The zero-order valence-corrected chi connectivity index (χ0v) is 12.7. The van der Waals surface area contributed by atoms with E-state index in [0.717, 1.165) is 30.2 Å². The monoisotopic (exact) mass is 310 g/mol. The van der Waals surface area contributed by atoms with Gasteiger partial charge in [-0.05, 0) is 24.3 Å². The molecule has 0 radical (unpaired) electrons. The lowest BCUT2D eigenvalue weighted by Crippen LogP contribution is -2.41. The molecular formula is C18H18N2O3. The van der Waals surface area contributed by atoms with Crippen molar-refractivity contribution in [1.82, 2.24) is 5.32 Å². The molecule has 0 aliphatic carbocycles. The molecule has 2 heterocycles. The number of imide groups is 1. The molecule has 0 unspecified atom stereocenters. The summed E-state index contributed by atoms with van der Waals surface area (Å²) in [4.78, 5) is 26.6. The Morgan fingerprint density at radius 3 is 2.74 bits per heavy atom. The Morgan fingerprint density at radius 1 is 1.09 bits per heavy atom. The molecule has 2 aliphatic rings. The molecule has 2 aromatic rings. The molecule has 3 amide bonds. The molecule has 2 aliphatic heterocycles. The van der Waals surface area contributed by atoms with Crippen molar-refractivity contribution in [2.75, 3.05) is 18.1 Å². The van der Waals surface area contributed by atoms with Crippen LogP contribution in [0.25, 0.3) is 10.8 Å². The number of carbonyl (C=O) groups is 2. The third-order valence-corrected chi connectivity index (χ3v) is 4.64. The Balaban J connectivity index is 1.71. The molecular weight excluding hydrogens is 292 g/mol. The lowest BCUT2D eigenvalue weighted by atomic mass is 9.93. The molecule has 23 heavy (non-hydrogen) atoms. The van der Waals surface area contributed by atoms with Crippen LogP contribution in [-0.4, -0.2) is 31.2 Å². The van der Waals surface area contributed by atoms with Gasteiger partial charge in [-0.1, -0.05) is 36.4 Å². The highest BCUT2D eigenvalue weighted by Crippen LogP contribution is 2.31. The van der Waals surface area contributed by atoms with Crippen molar-refractivity contribution >= 4 is 28.4 Å². The summed E-state index contributed by atoms with van der Waals surface area (Å²) >= 11 is 0. The summed E-state index contributed by atoms with van der Waals surface area (Å²) in [6, 6.07) is 12.6. The van der Waals surface area contributed by atoms with Gasteiger partial charge in [-0.2, -0.15) is 0 Å². The maximum atomic E-state index is 12.8. The van der Waals surface area contributed by atoms with E-state index in [0.29, 0.717) is 12.3 Å². The summed E-state index contributed by atoms with van der Waals surface area (Å²) in [6.07, 6.45) is 1.83. The summed E-state index contributed by atoms with van der Waals surface area (Å²) in [6.45, 7) is 1.26. The summed E-state index contributed by atoms with van der Waals surface area (Å²) in [7, 11) is 0. The molecule has 1 N–H and O–H groups in total. The molecule has 0 bridgehead atoms. The lowest BCUT2D eigenvalue weighted by molar-refractivity contribution is -0.120. The van der Waals surface area contributed by atoms with Gasteiger partial charge in [0, 0.05) is 17.9 Å². The van der Waals surface area contributed by atoms with E-state index >= 15 is 0 Å². The van der Waals surface area contributed by atoms with Gasteiger partial charge >= 0.3 is 6.03 Å². The van der Waals surface area contributed by atoms with Crippen LogP contribution in [0.2, 0.25) is 0 Å². The third-order valence-electron chi connectivity index (χ3n) is 4.64. The fourth-order valence-corrected chi connectivity index (χ4v) is 3.48. The SMILES string of the molecule is O=C1N[C@@H]([C@@H]2CCCOC2)C(=O)N1c1cccc2ccccc12. The largest absolute Gasteiger partial charge is 0.381 e. The Morgan fingerprint density at radius 2 is 1.91 bits per heavy atom. The fraction of sp³-hybridized carbons (Fsp3) is 0.333. The van der Waals surface area contributed by atoms with E-state index < -0.39 is 6.04 Å². The number of nitrogens with zero attached hydrogens (tertiary/aromatic N) is 1. The van der Waals surface area contributed by atoms with Crippen molar-refractivity contribution in [3.8, 4) is 0 Å². The second-order valence-corrected chi connectivity index (χ2v) is 6.08. The van der Waals surface area contributed by atoms with Crippen LogP contribution in [-0.2, 0) is 9.53 Å². The van der Waals surface area contributed by atoms with Crippen LogP contribution < -0.4 is 10.2 Å². The number of urea groups is 1. The maximum Gasteiger partial charge on any atom is 0.329 e. The Hall–Kier alpha value is -2.40. The molecule has 2 saturated heterocycles. The fourth-order valence-electron chi connectivity index (χ4n) is 3.48. The molecule has 4 rings (SSSR count). The highest BCUT2D eigenvalue weighted by Gasteiger charge is 2.44. The van der Waals surface area contributed by atoms with Gasteiger partial charge in [0.2, 0.25) is 0 Å². The van der Waals surface area contributed by atoms with Crippen molar-refractivity contribution in [2.45, 2.75) is 18.9 Å². The van der Waals surface area contributed by atoms with Gasteiger partial charge in [0.05, 0.1) is 12.3 Å². The average Bonchev–Trinajstić information content (AvgIpc) is 2.90. The molecule has 2 atom stereocenters. The van der Waals surface area contributed by atoms with E-state index in [-0.39, 0.29) is 17.9 Å². The van der Waals surface area contributed by atoms with Gasteiger partial charge in [-0.25, -0.2) is 9.69 Å². The van der Waals surface area contributed by atoms with Crippen molar-refractivity contribution in [3.63, 3.8) is 0 Å². The number of rotatable bonds is 2. The zero-order valence-electron chi connectivity index (χ0n) is 12.7. The van der Waals surface area contributed by atoms with Crippen LogP contribution in [0.3, 0.4) is 0 Å². The average molecular weight is 310 g/mol. The number of benzene rings is 2. The smallest absolute Gasteiger partial charge is 0.329 e. The number of carbonyl (C=O) groups excluding carboxylic acids is 2. The van der Waals surface area contributed by atoms with Gasteiger partial charge in [0.15, 0.2) is 0 Å². The van der Waals surface area contributed by atoms with Crippen molar-refractivity contribution in [2.24, 2.45) is 5.92 Å². The summed E-state index contributed by atoms with van der Waals surface area (Å²) < 4.78 is 5.47. The lowest BCUT2D eigenvalue weighted by Gasteiger charge is -2.25. The normalized spacial score (nSPS) is 25.0. The number of anilines is 1. The quantitative estimate of drug-likeness (QED) is 0.868. The van der Waals surface area contributed by atoms with Crippen LogP contribution in [0.15, 0.2) is 42.5 Å². The van der Waals surface area contributed by atoms with E-state index in [2.05, 4.69) is 5.32 Å². The van der Waals surface area contributed by atoms with Crippen molar-refractivity contribution in [3.05, 3.63) is 42.5 Å². The minimum Gasteiger partial charge on any atom is -0.381 e. The zero-order chi connectivity index (χ0) is 15.8. The summed E-state index contributed by atoms with van der Waals surface area (Å²) in [5, 5.41) is 4.76. The van der Waals surface area contributed by atoms with Crippen LogP contribution in [0.5, 0.6) is 0 Å². The summed E-state index contributed by atoms with van der Waals surface area (Å²) in [5.41, 5.74) is 0.643. The first-order valence-electron chi connectivity index (χ1n) is 7.95. The maximum absolute atomic E-state index is 12.8. The van der Waals surface area contributed by atoms with E-state index in [1.165, 1.54) is 4.90 Å². The Bertz CT molecular complexity index is 762.